The van der Waals surface area contributed by atoms with Crippen LogP contribution in [0.1, 0.15) is 58.8 Å². The van der Waals surface area contributed by atoms with E-state index in [9.17, 15) is 4.79 Å². The van der Waals surface area contributed by atoms with Gasteiger partial charge >= 0.3 is 5.97 Å². The van der Waals surface area contributed by atoms with Gasteiger partial charge < -0.3 is 9.84 Å². The van der Waals surface area contributed by atoms with Crippen molar-refractivity contribution in [1.82, 2.24) is 0 Å². The van der Waals surface area contributed by atoms with Crippen molar-refractivity contribution in [3.8, 4) is 0 Å². The molecule has 3 nitrogen and oxygen atoms in total. The highest BCUT2D eigenvalue weighted by molar-refractivity contribution is 5.66. The minimum absolute atomic E-state index is 0.260. The monoisotopic (exact) mass is 230 g/mol. The fourth-order valence-electron chi connectivity index (χ4n) is 1.63. The minimum atomic E-state index is -0.714. The number of hydrogen-bond donors (Lipinski definition) is 1. The first-order chi connectivity index (χ1) is 7.70. The summed E-state index contributed by atoms with van der Waals surface area (Å²) >= 11 is 0. The zero-order valence-electron chi connectivity index (χ0n) is 10.7. The molecule has 0 saturated carbocycles. The van der Waals surface area contributed by atoms with Gasteiger partial charge in [-0.2, -0.15) is 0 Å². The molecule has 1 atom stereocenters. The Kier molecular flexibility index (Phi) is 10.5. The Balaban J connectivity index is 3.30. The molecule has 0 aromatic heterocycles. The number of carbonyl (C=O) groups is 1. The fourth-order valence-corrected chi connectivity index (χ4v) is 1.63. The van der Waals surface area contributed by atoms with Gasteiger partial charge in [-0.05, 0) is 25.2 Å². The number of rotatable bonds is 11. The molecule has 0 aliphatic rings. The van der Waals surface area contributed by atoms with E-state index in [0.717, 1.165) is 19.4 Å². The van der Waals surface area contributed by atoms with E-state index < -0.39 is 5.97 Å². The second-order valence-electron chi connectivity index (χ2n) is 4.34. The van der Waals surface area contributed by atoms with E-state index in [2.05, 4.69) is 13.8 Å². The van der Waals surface area contributed by atoms with Crippen molar-refractivity contribution in [3.05, 3.63) is 0 Å². The maximum absolute atomic E-state index is 10.3. The van der Waals surface area contributed by atoms with Gasteiger partial charge in [0.1, 0.15) is 0 Å². The second-order valence-corrected chi connectivity index (χ2v) is 4.34. The van der Waals surface area contributed by atoms with E-state index >= 15 is 0 Å². The number of hydrogen-bond acceptors (Lipinski definition) is 2. The predicted molar refractivity (Wildman–Crippen MR) is 65.6 cm³/mol. The van der Waals surface area contributed by atoms with Gasteiger partial charge in [0.05, 0.1) is 0 Å². The number of ether oxygens (including phenoxy) is 1. The highest BCUT2D eigenvalue weighted by Crippen LogP contribution is 2.13. The van der Waals surface area contributed by atoms with E-state index in [-0.39, 0.29) is 6.42 Å². The molecule has 16 heavy (non-hydrogen) atoms. The molecule has 0 aliphatic carbocycles. The van der Waals surface area contributed by atoms with Gasteiger partial charge in [0, 0.05) is 19.6 Å². The van der Waals surface area contributed by atoms with Crippen molar-refractivity contribution in [2.24, 2.45) is 5.92 Å². The second kappa shape index (κ2) is 10.9. The van der Waals surface area contributed by atoms with Crippen molar-refractivity contribution in [1.29, 1.82) is 0 Å². The molecule has 96 valence electrons. The molecule has 0 fully saturated rings. The lowest BCUT2D eigenvalue weighted by Gasteiger charge is -2.14. The lowest BCUT2D eigenvalue weighted by Crippen LogP contribution is -2.09. The third kappa shape index (κ3) is 9.97. The van der Waals surface area contributed by atoms with Crippen LogP contribution >= 0.6 is 0 Å². The maximum Gasteiger partial charge on any atom is 0.303 e. The molecule has 0 aromatic carbocycles. The summed E-state index contributed by atoms with van der Waals surface area (Å²) in [7, 11) is 0. The first-order valence-corrected chi connectivity index (χ1v) is 6.50. The van der Waals surface area contributed by atoms with Gasteiger partial charge in [0.2, 0.25) is 0 Å². The van der Waals surface area contributed by atoms with E-state index in [4.69, 9.17) is 9.84 Å². The molecule has 0 aliphatic heterocycles. The highest BCUT2D eigenvalue weighted by Gasteiger charge is 2.05. The molecule has 0 aromatic rings. The van der Waals surface area contributed by atoms with Crippen molar-refractivity contribution < 1.29 is 14.6 Å². The van der Waals surface area contributed by atoms with Crippen molar-refractivity contribution in [2.45, 2.75) is 58.8 Å². The average Bonchev–Trinajstić information content (AvgIpc) is 2.26. The molecule has 0 heterocycles. The Hall–Kier alpha value is -0.570. The fraction of sp³-hybridized carbons (Fsp3) is 0.923. The zero-order valence-corrected chi connectivity index (χ0v) is 10.7. The molecular weight excluding hydrogens is 204 g/mol. The first-order valence-electron chi connectivity index (χ1n) is 6.50. The van der Waals surface area contributed by atoms with E-state index in [1.165, 1.54) is 25.7 Å². The van der Waals surface area contributed by atoms with Crippen LogP contribution in [0, 0.1) is 5.92 Å². The quantitative estimate of drug-likeness (QED) is 0.553. The van der Waals surface area contributed by atoms with Crippen molar-refractivity contribution in [2.75, 3.05) is 13.2 Å². The summed E-state index contributed by atoms with van der Waals surface area (Å²) in [6, 6.07) is 0. The lowest BCUT2D eigenvalue weighted by atomic mass is 10.0. The maximum atomic E-state index is 10.3. The van der Waals surface area contributed by atoms with Gasteiger partial charge in [0.15, 0.2) is 0 Å². The van der Waals surface area contributed by atoms with Crippen molar-refractivity contribution in [3.63, 3.8) is 0 Å². The molecule has 0 amide bonds. The largest absolute Gasteiger partial charge is 0.481 e. The lowest BCUT2D eigenvalue weighted by molar-refractivity contribution is -0.137. The molecule has 0 saturated heterocycles. The van der Waals surface area contributed by atoms with Crippen LogP contribution in [0.15, 0.2) is 0 Å². The number of carboxylic acid groups (broad SMARTS) is 1. The highest BCUT2D eigenvalue weighted by atomic mass is 16.5. The van der Waals surface area contributed by atoms with Crippen LogP contribution in [0.3, 0.4) is 0 Å². The Morgan fingerprint density at radius 3 is 2.56 bits per heavy atom. The third-order valence-corrected chi connectivity index (χ3v) is 2.83. The molecule has 0 spiro atoms. The van der Waals surface area contributed by atoms with Gasteiger partial charge in [-0.25, -0.2) is 0 Å². The molecule has 0 rings (SSSR count). The van der Waals surface area contributed by atoms with Gasteiger partial charge in [-0.1, -0.05) is 33.1 Å². The SMILES string of the molecule is CCCCC(CC)COCCCCC(=O)O. The van der Waals surface area contributed by atoms with Crippen LogP contribution in [0.5, 0.6) is 0 Å². The van der Waals surface area contributed by atoms with Crippen LogP contribution in [-0.4, -0.2) is 24.3 Å². The Bertz CT molecular complexity index is 169. The van der Waals surface area contributed by atoms with Crippen LogP contribution in [0.4, 0.5) is 0 Å². The molecule has 0 radical (unpaired) electrons. The Labute approximate surface area is 99.2 Å². The van der Waals surface area contributed by atoms with Gasteiger partial charge in [0.25, 0.3) is 0 Å². The molecule has 0 bridgehead atoms. The number of aliphatic carboxylic acids is 1. The molecule has 1 N–H and O–H groups in total. The normalized spacial score (nSPS) is 12.6. The Morgan fingerprint density at radius 2 is 2.00 bits per heavy atom. The Morgan fingerprint density at radius 1 is 1.25 bits per heavy atom. The van der Waals surface area contributed by atoms with Crippen LogP contribution in [0.25, 0.3) is 0 Å². The average molecular weight is 230 g/mol. The summed E-state index contributed by atoms with van der Waals surface area (Å²) in [5.41, 5.74) is 0. The summed E-state index contributed by atoms with van der Waals surface area (Å²) in [6.07, 6.45) is 6.79. The number of carboxylic acids is 1. The van der Waals surface area contributed by atoms with Gasteiger partial charge in [-0.3, -0.25) is 4.79 Å². The van der Waals surface area contributed by atoms with Crippen molar-refractivity contribution >= 4 is 5.97 Å². The molecular formula is C13H26O3. The van der Waals surface area contributed by atoms with Crippen LogP contribution in [0.2, 0.25) is 0 Å². The van der Waals surface area contributed by atoms with Crippen LogP contribution in [-0.2, 0) is 9.53 Å². The van der Waals surface area contributed by atoms with Crippen LogP contribution < -0.4 is 0 Å². The molecule has 1 unspecified atom stereocenters. The van der Waals surface area contributed by atoms with E-state index in [1.54, 1.807) is 0 Å². The summed E-state index contributed by atoms with van der Waals surface area (Å²) in [6.45, 7) is 5.95. The smallest absolute Gasteiger partial charge is 0.303 e. The molecule has 3 heteroatoms. The topological polar surface area (TPSA) is 46.5 Å². The first kappa shape index (κ1) is 15.4. The standard InChI is InChI=1S/C13H26O3/c1-3-5-8-12(4-2)11-16-10-7-6-9-13(14)15/h12H,3-11H2,1-2H3,(H,14,15). The predicted octanol–water partition coefficient (Wildman–Crippen LogP) is 3.47. The summed E-state index contributed by atoms with van der Waals surface area (Å²) < 4.78 is 5.57. The van der Waals surface area contributed by atoms with E-state index in [1.807, 2.05) is 0 Å². The summed E-state index contributed by atoms with van der Waals surface area (Å²) in [4.78, 5) is 10.3. The zero-order chi connectivity index (χ0) is 12.2. The minimum Gasteiger partial charge on any atom is -0.481 e. The number of unbranched alkanes of at least 4 members (excludes halogenated alkanes) is 2. The summed E-state index contributed by atoms with van der Waals surface area (Å²) in [5.74, 6) is -0.0335. The van der Waals surface area contributed by atoms with Gasteiger partial charge in [-0.15, -0.1) is 0 Å². The van der Waals surface area contributed by atoms with E-state index in [0.29, 0.717) is 12.5 Å². The third-order valence-electron chi connectivity index (χ3n) is 2.83. The summed E-state index contributed by atoms with van der Waals surface area (Å²) in [5, 5.41) is 8.45.